The van der Waals surface area contributed by atoms with Crippen LogP contribution in [0.1, 0.15) is 51.7 Å². The van der Waals surface area contributed by atoms with E-state index in [1.807, 2.05) is 27.7 Å². The van der Waals surface area contributed by atoms with Crippen molar-refractivity contribution in [2.75, 3.05) is 0 Å². The Morgan fingerprint density at radius 1 is 1.06 bits per heavy atom. The lowest BCUT2D eigenvalue weighted by Crippen LogP contribution is -2.38. The molecule has 0 radical (unpaired) electrons. The molecule has 0 spiro atoms. The molecule has 0 bridgehead atoms. The number of hydrogen-bond donors (Lipinski definition) is 0. The molecule has 1 unspecified atom stereocenters. The van der Waals surface area contributed by atoms with Gasteiger partial charge in [-0.25, -0.2) is 0 Å². The summed E-state index contributed by atoms with van der Waals surface area (Å²) in [6.07, 6.45) is -3.53. The van der Waals surface area contributed by atoms with Gasteiger partial charge in [0, 0.05) is 19.0 Å². The van der Waals surface area contributed by atoms with Gasteiger partial charge >= 0.3 is 16.3 Å². The number of nitrogens with zero attached hydrogens (tertiary/aromatic N) is 1. The molecule has 0 heterocycles. The number of rotatable bonds is 9. The first-order valence-corrected chi connectivity index (χ1v) is 11.7. The number of benzene rings is 2. The van der Waals surface area contributed by atoms with Crippen molar-refractivity contribution in [2.45, 2.75) is 64.2 Å². The van der Waals surface area contributed by atoms with E-state index in [2.05, 4.69) is 0 Å². The highest BCUT2D eigenvalue weighted by Gasteiger charge is 2.32. The summed E-state index contributed by atoms with van der Waals surface area (Å²) in [5.74, 6) is 0.152. The van der Waals surface area contributed by atoms with Gasteiger partial charge in [0.25, 0.3) is 0 Å². The van der Waals surface area contributed by atoms with Crippen LogP contribution in [0.5, 0.6) is 5.75 Å². The predicted molar refractivity (Wildman–Crippen MR) is 115 cm³/mol. The summed E-state index contributed by atoms with van der Waals surface area (Å²) < 4.78 is 69.0. The largest absolute Gasteiger partial charge is 0.416 e. The Morgan fingerprint density at radius 2 is 1.72 bits per heavy atom. The SMILES string of the molecule is CCC(C)N(Cc1cccc(OS(=O)(=O)c2cccc(C(F)(F)F)c2)c1)C(=O)CC(C)C. The maximum absolute atomic E-state index is 12.9. The minimum atomic E-state index is -4.67. The monoisotopic (exact) mass is 471 g/mol. The summed E-state index contributed by atoms with van der Waals surface area (Å²) >= 11 is 0. The second-order valence-electron chi connectivity index (χ2n) is 8.09. The Balaban J connectivity index is 2.26. The van der Waals surface area contributed by atoms with Crippen molar-refractivity contribution in [3.8, 4) is 5.75 Å². The predicted octanol–water partition coefficient (Wildman–Crippen LogP) is 5.65. The van der Waals surface area contributed by atoms with E-state index in [1.165, 1.54) is 12.1 Å². The summed E-state index contributed by atoms with van der Waals surface area (Å²) in [7, 11) is -4.48. The van der Waals surface area contributed by atoms with Crippen LogP contribution in [0, 0.1) is 5.92 Å². The van der Waals surface area contributed by atoms with Crippen molar-refractivity contribution >= 4 is 16.0 Å². The molecule has 32 heavy (non-hydrogen) atoms. The van der Waals surface area contributed by atoms with Gasteiger partial charge in [0.2, 0.25) is 5.91 Å². The molecule has 176 valence electrons. The molecule has 0 aromatic heterocycles. The number of hydrogen-bond acceptors (Lipinski definition) is 4. The summed E-state index contributed by atoms with van der Waals surface area (Å²) in [6, 6.07) is 9.56. The summed E-state index contributed by atoms with van der Waals surface area (Å²) in [5.41, 5.74) is -0.428. The van der Waals surface area contributed by atoms with E-state index in [9.17, 15) is 26.4 Å². The molecular formula is C23H28F3NO4S. The lowest BCUT2D eigenvalue weighted by atomic mass is 10.1. The maximum atomic E-state index is 12.9. The second kappa shape index (κ2) is 10.4. The van der Waals surface area contributed by atoms with Crippen molar-refractivity contribution in [1.82, 2.24) is 4.90 Å². The van der Waals surface area contributed by atoms with Gasteiger partial charge in [0.05, 0.1) is 5.56 Å². The van der Waals surface area contributed by atoms with Crippen LogP contribution < -0.4 is 4.18 Å². The number of amides is 1. The Bertz CT molecular complexity index is 1040. The zero-order valence-corrected chi connectivity index (χ0v) is 19.3. The van der Waals surface area contributed by atoms with Gasteiger partial charge in [0.15, 0.2) is 0 Å². The Kier molecular flexibility index (Phi) is 8.34. The van der Waals surface area contributed by atoms with Crippen molar-refractivity contribution in [3.63, 3.8) is 0 Å². The smallest absolute Gasteiger partial charge is 0.379 e. The highest BCUT2D eigenvalue weighted by Crippen LogP contribution is 2.31. The van der Waals surface area contributed by atoms with Crippen LogP contribution in [-0.2, 0) is 27.6 Å². The highest BCUT2D eigenvalue weighted by atomic mass is 32.2. The Hall–Kier alpha value is -2.55. The lowest BCUT2D eigenvalue weighted by molar-refractivity contribution is -0.138. The van der Waals surface area contributed by atoms with Crippen LogP contribution in [0.3, 0.4) is 0 Å². The van der Waals surface area contributed by atoms with Crippen molar-refractivity contribution < 1.29 is 30.6 Å². The fourth-order valence-corrected chi connectivity index (χ4v) is 4.04. The average Bonchev–Trinajstić information content (AvgIpc) is 2.70. The fourth-order valence-electron chi connectivity index (χ4n) is 3.07. The van der Waals surface area contributed by atoms with Crippen LogP contribution in [-0.4, -0.2) is 25.3 Å². The third kappa shape index (κ3) is 6.98. The summed E-state index contributed by atoms with van der Waals surface area (Å²) in [6.45, 7) is 8.10. The molecule has 1 atom stereocenters. The molecule has 0 saturated carbocycles. The Labute approximate surface area is 187 Å². The molecule has 1 amide bonds. The lowest BCUT2D eigenvalue weighted by Gasteiger charge is -2.29. The average molecular weight is 472 g/mol. The standard InChI is InChI=1S/C23H28F3NO4S/c1-5-17(4)27(22(28)12-16(2)3)15-18-8-6-10-20(13-18)31-32(29,30)21-11-7-9-19(14-21)23(24,25)26/h6-11,13-14,16-17H,5,12,15H2,1-4H3. The van der Waals surface area contributed by atoms with Crippen LogP contribution in [0.15, 0.2) is 53.4 Å². The third-order valence-corrected chi connectivity index (χ3v) is 6.18. The number of alkyl halides is 3. The molecule has 0 aliphatic carbocycles. The van der Waals surface area contributed by atoms with Crippen molar-refractivity contribution in [1.29, 1.82) is 0 Å². The van der Waals surface area contributed by atoms with Crippen LogP contribution in [0.2, 0.25) is 0 Å². The Morgan fingerprint density at radius 3 is 2.31 bits per heavy atom. The van der Waals surface area contributed by atoms with Crippen LogP contribution >= 0.6 is 0 Å². The highest BCUT2D eigenvalue weighted by molar-refractivity contribution is 7.87. The van der Waals surface area contributed by atoms with E-state index >= 15 is 0 Å². The normalized spacial score (nSPS) is 13.1. The van der Waals surface area contributed by atoms with E-state index < -0.39 is 26.8 Å². The summed E-state index contributed by atoms with van der Waals surface area (Å²) in [5, 5.41) is 0. The van der Waals surface area contributed by atoms with Gasteiger partial charge in [-0.2, -0.15) is 21.6 Å². The quantitative estimate of drug-likeness (QED) is 0.444. The maximum Gasteiger partial charge on any atom is 0.416 e. The zero-order valence-electron chi connectivity index (χ0n) is 18.5. The van der Waals surface area contributed by atoms with E-state index in [-0.39, 0.29) is 30.2 Å². The van der Waals surface area contributed by atoms with Gasteiger partial charge in [-0.1, -0.05) is 39.0 Å². The minimum Gasteiger partial charge on any atom is -0.379 e. The zero-order chi connectivity index (χ0) is 24.1. The van der Waals surface area contributed by atoms with Gasteiger partial charge in [-0.05, 0) is 55.2 Å². The van der Waals surface area contributed by atoms with Crippen LogP contribution in [0.25, 0.3) is 0 Å². The van der Waals surface area contributed by atoms with Crippen LogP contribution in [0.4, 0.5) is 13.2 Å². The molecule has 0 fully saturated rings. The molecule has 9 heteroatoms. The van der Waals surface area contributed by atoms with Crippen molar-refractivity contribution in [3.05, 3.63) is 59.7 Å². The van der Waals surface area contributed by atoms with E-state index in [0.29, 0.717) is 18.1 Å². The van der Waals surface area contributed by atoms with E-state index in [1.54, 1.807) is 17.0 Å². The first-order chi connectivity index (χ1) is 14.8. The molecular weight excluding hydrogens is 443 g/mol. The molecule has 0 aliphatic rings. The van der Waals surface area contributed by atoms with Crippen molar-refractivity contribution in [2.24, 2.45) is 5.92 Å². The van der Waals surface area contributed by atoms with Gasteiger partial charge in [0.1, 0.15) is 10.6 Å². The second-order valence-corrected chi connectivity index (χ2v) is 9.63. The first-order valence-electron chi connectivity index (χ1n) is 10.3. The van der Waals surface area contributed by atoms with E-state index in [0.717, 1.165) is 24.6 Å². The minimum absolute atomic E-state index is 0.00254. The fraction of sp³-hybridized carbons (Fsp3) is 0.435. The molecule has 0 saturated heterocycles. The first kappa shape index (κ1) is 25.7. The van der Waals surface area contributed by atoms with E-state index in [4.69, 9.17) is 4.18 Å². The molecule has 0 aliphatic heterocycles. The van der Waals surface area contributed by atoms with Gasteiger partial charge in [-0.3, -0.25) is 4.79 Å². The molecule has 0 N–H and O–H groups in total. The van der Waals surface area contributed by atoms with Gasteiger partial charge in [-0.15, -0.1) is 0 Å². The number of carbonyl (C=O) groups is 1. The number of carbonyl (C=O) groups excluding carboxylic acids is 1. The molecule has 5 nitrogen and oxygen atoms in total. The third-order valence-electron chi connectivity index (χ3n) is 4.93. The molecule has 2 aromatic rings. The topological polar surface area (TPSA) is 63.7 Å². The molecule has 2 rings (SSSR count). The summed E-state index contributed by atoms with van der Waals surface area (Å²) in [4.78, 5) is 13.8. The van der Waals surface area contributed by atoms with Gasteiger partial charge < -0.3 is 9.08 Å². The molecule has 2 aromatic carbocycles. The number of halogens is 3.